The van der Waals surface area contributed by atoms with E-state index in [2.05, 4.69) is 48.3 Å². The summed E-state index contributed by atoms with van der Waals surface area (Å²) in [4.78, 5) is 15.1. The van der Waals surface area contributed by atoms with E-state index in [0.717, 1.165) is 41.0 Å². The minimum Gasteiger partial charge on any atom is -0.456 e. The number of carbonyl (C=O) groups is 1. The molecule has 2 heterocycles. The number of fused-ring (bicyclic) bond motifs is 6. The SMILES string of the molecule is CCN(CC)c1ccc2c(c1)Oc1c(ccc(NC(=O)[C@@H](N)CC(C)C)c1CF)C21OCc2ccccc21. The zero-order valence-corrected chi connectivity index (χ0v) is 22.5. The van der Waals surface area contributed by atoms with E-state index in [0.29, 0.717) is 30.2 Å². The lowest BCUT2D eigenvalue weighted by Crippen LogP contribution is -2.37. The minimum absolute atomic E-state index is 0.263. The summed E-state index contributed by atoms with van der Waals surface area (Å²) < 4.78 is 27.9. The summed E-state index contributed by atoms with van der Waals surface area (Å²) in [7, 11) is 0. The van der Waals surface area contributed by atoms with Gasteiger partial charge in [0.05, 0.1) is 18.3 Å². The molecule has 3 N–H and O–H groups in total. The number of rotatable bonds is 8. The summed E-state index contributed by atoms with van der Waals surface area (Å²) in [5.74, 6) is 0.918. The third kappa shape index (κ3) is 4.24. The number of carbonyl (C=O) groups excluding carboxylic acids is 1. The second kappa shape index (κ2) is 10.4. The number of alkyl halides is 1. The van der Waals surface area contributed by atoms with E-state index < -0.39 is 18.3 Å². The van der Waals surface area contributed by atoms with Gasteiger partial charge in [-0.25, -0.2) is 4.39 Å². The van der Waals surface area contributed by atoms with Crippen LogP contribution < -0.4 is 20.7 Å². The molecule has 2 aliphatic rings. The van der Waals surface area contributed by atoms with Gasteiger partial charge >= 0.3 is 0 Å². The largest absolute Gasteiger partial charge is 0.456 e. The summed E-state index contributed by atoms with van der Waals surface area (Å²) in [5, 5.41) is 2.85. The van der Waals surface area contributed by atoms with Crippen molar-refractivity contribution in [2.24, 2.45) is 11.7 Å². The summed E-state index contributed by atoms with van der Waals surface area (Å²) in [6.45, 7) is 9.54. The third-order valence-corrected chi connectivity index (χ3v) is 7.62. The van der Waals surface area contributed by atoms with Crippen LogP contribution in [0.2, 0.25) is 0 Å². The van der Waals surface area contributed by atoms with Crippen LogP contribution in [0, 0.1) is 5.92 Å². The Bertz CT molecular complexity index is 1350. The van der Waals surface area contributed by atoms with Gasteiger partial charge < -0.3 is 25.4 Å². The number of hydrogen-bond acceptors (Lipinski definition) is 5. The molecular weight excluding hydrogens is 481 g/mol. The zero-order valence-electron chi connectivity index (χ0n) is 22.5. The summed E-state index contributed by atoms with van der Waals surface area (Å²) in [6.07, 6.45) is 0.535. The maximum Gasteiger partial charge on any atom is 0.241 e. The molecule has 0 saturated carbocycles. The number of anilines is 2. The Morgan fingerprint density at radius 3 is 2.53 bits per heavy atom. The molecule has 1 amide bonds. The molecule has 1 spiro atoms. The van der Waals surface area contributed by atoms with Crippen molar-refractivity contribution in [3.8, 4) is 11.5 Å². The van der Waals surface area contributed by atoms with Crippen molar-refractivity contribution in [2.75, 3.05) is 23.3 Å². The number of nitrogens with one attached hydrogen (secondary N) is 1. The van der Waals surface area contributed by atoms with Crippen molar-refractivity contribution in [1.29, 1.82) is 0 Å². The highest BCUT2D eigenvalue weighted by Crippen LogP contribution is 2.58. The van der Waals surface area contributed by atoms with Gasteiger partial charge in [-0.2, -0.15) is 0 Å². The Kier molecular flexibility index (Phi) is 7.16. The Balaban J connectivity index is 1.67. The quantitative estimate of drug-likeness (QED) is 0.370. The number of nitrogens with two attached hydrogens (primary N) is 1. The van der Waals surface area contributed by atoms with Gasteiger partial charge in [-0.15, -0.1) is 0 Å². The molecule has 6 nitrogen and oxygen atoms in total. The third-order valence-electron chi connectivity index (χ3n) is 7.62. The van der Waals surface area contributed by atoms with Crippen molar-refractivity contribution in [2.45, 2.75) is 59.0 Å². The van der Waals surface area contributed by atoms with Crippen LogP contribution in [-0.4, -0.2) is 25.0 Å². The highest BCUT2D eigenvalue weighted by molar-refractivity contribution is 5.96. The van der Waals surface area contributed by atoms with Gasteiger partial charge in [0, 0.05) is 41.5 Å². The predicted molar refractivity (Wildman–Crippen MR) is 149 cm³/mol. The first-order chi connectivity index (χ1) is 18.3. The van der Waals surface area contributed by atoms with Gasteiger partial charge in [0.2, 0.25) is 5.91 Å². The van der Waals surface area contributed by atoms with E-state index in [1.807, 2.05) is 38.1 Å². The molecule has 38 heavy (non-hydrogen) atoms. The normalized spacial score (nSPS) is 18.0. The molecule has 2 atom stereocenters. The molecule has 2 aliphatic heterocycles. The van der Waals surface area contributed by atoms with Crippen LogP contribution >= 0.6 is 0 Å². The topological polar surface area (TPSA) is 76.8 Å². The second-order valence-corrected chi connectivity index (χ2v) is 10.4. The van der Waals surface area contributed by atoms with E-state index in [-0.39, 0.29) is 17.4 Å². The van der Waals surface area contributed by atoms with Crippen molar-refractivity contribution < 1.29 is 18.7 Å². The second-order valence-electron chi connectivity index (χ2n) is 10.4. The molecule has 5 rings (SSSR count). The summed E-state index contributed by atoms with van der Waals surface area (Å²) in [5.41, 5.74) is 10.5. The van der Waals surface area contributed by atoms with E-state index in [4.69, 9.17) is 15.2 Å². The molecule has 0 radical (unpaired) electrons. The van der Waals surface area contributed by atoms with Crippen molar-refractivity contribution in [3.63, 3.8) is 0 Å². The minimum atomic E-state index is -0.943. The molecule has 0 aliphatic carbocycles. The number of ether oxygens (including phenoxy) is 2. The van der Waals surface area contributed by atoms with E-state index in [9.17, 15) is 9.18 Å². The lowest BCUT2D eigenvalue weighted by molar-refractivity contribution is -0.117. The highest BCUT2D eigenvalue weighted by atomic mass is 19.1. The van der Waals surface area contributed by atoms with Gasteiger partial charge in [-0.3, -0.25) is 4.79 Å². The van der Waals surface area contributed by atoms with Crippen LogP contribution in [-0.2, 0) is 28.4 Å². The number of halogens is 1. The van der Waals surface area contributed by atoms with Crippen LogP contribution in [0.15, 0.2) is 54.6 Å². The van der Waals surface area contributed by atoms with Crippen LogP contribution in [0.25, 0.3) is 0 Å². The van der Waals surface area contributed by atoms with Crippen LogP contribution in [0.4, 0.5) is 15.8 Å². The maximum absolute atomic E-state index is 14.8. The molecule has 1 unspecified atom stereocenters. The number of nitrogens with zero attached hydrogens (tertiary/aromatic N) is 1. The van der Waals surface area contributed by atoms with Gasteiger partial charge in [0.25, 0.3) is 0 Å². The average Bonchev–Trinajstić information content (AvgIpc) is 3.29. The molecule has 7 heteroatoms. The first-order valence-corrected chi connectivity index (χ1v) is 13.4. The Morgan fingerprint density at radius 1 is 1.08 bits per heavy atom. The molecule has 3 aromatic carbocycles. The predicted octanol–water partition coefficient (Wildman–Crippen LogP) is 6.24. The lowest BCUT2D eigenvalue weighted by Gasteiger charge is -2.39. The molecule has 0 bridgehead atoms. The van der Waals surface area contributed by atoms with Gasteiger partial charge in [0.15, 0.2) is 5.60 Å². The molecule has 3 aromatic rings. The van der Waals surface area contributed by atoms with E-state index in [1.54, 1.807) is 6.07 Å². The number of amides is 1. The maximum atomic E-state index is 14.8. The number of hydrogen-bond donors (Lipinski definition) is 2. The zero-order chi connectivity index (χ0) is 27.0. The van der Waals surface area contributed by atoms with E-state index >= 15 is 0 Å². The molecule has 0 aromatic heterocycles. The van der Waals surface area contributed by atoms with Crippen molar-refractivity contribution in [3.05, 3.63) is 82.4 Å². The molecule has 0 fully saturated rings. The van der Waals surface area contributed by atoms with Crippen molar-refractivity contribution in [1.82, 2.24) is 0 Å². The van der Waals surface area contributed by atoms with Crippen LogP contribution in [0.1, 0.15) is 61.9 Å². The van der Waals surface area contributed by atoms with Crippen LogP contribution in [0.3, 0.4) is 0 Å². The van der Waals surface area contributed by atoms with E-state index in [1.165, 1.54) is 0 Å². The lowest BCUT2D eigenvalue weighted by atomic mass is 9.77. The fraction of sp³-hybridized carbons (Fsp3) is 0.387. The fourth-order valence-electron chi connectivity index (χ4n) is 5.74. The Hall–Kier alpha value is -3.42. The smallest absolute Gasteiger partial charge is 0.241 e. The van der Waals surface area contributed by atoms with Gasteiger partial charge in [0.1, 0.15) is 18.2 Å². The highest BCUT2D eigenvalue weighted by Gasteiger charge is 2.50. The first-order valence-electron chi connectivity index (χ1n) is 13.4. The molecule has 200 valence electrons. The monoisotopic (exact) mass is 517 g/mol. The van der Waals surface area contributed by atoms with Gasteiger partial charge in [-0.05, 0) is 61.6 Å². The first kappa shape index (κ1) is 26.2. The number of benzene rings is 3. The standard InChI is InChI=1S/C31H36FN3O3/c1-5-35(6-2)21-11-12-24-28(16-21)38-29-22(17-32)27(34-30(36)26(33)15-19(3)4)14-13-25(29)31(24)23-10-8-7-9-20(23)18-37-31/h7-14,16,19,26H,5-6,15,17-18,33H2,1-4H3,(H,34,36)/t26-,31?/m0/s1. The molecule has 0 saturated heterocycles. The average molecular weight is 518 g/mol. The molecular formula is C31H36FN3O3. The Morgan fingerprint density at radius 2 is 1.82 bits per heavy atom. The van der Waals surface area contributed by atoms with Crippen molar-refractivity contribution >= 4 is 17.3 Å². The summed E-state index contributed by atoms with van der Waals surface area (Å²) in [6, 6.07) is 17.2. The fourth-order valence-corrected chi connectivity index (χ4v) is 5.74. The Labute approximate surface area is 223 Å². The van der Waals surface area contributed by atoms with Gasteiger partial charge in [-0.1, -0.05) is 38.1 Å². The van der Waals surface area contributed by atoms with Crippen LogP contribution in [0.5, 0.6) is 11.5 Å². The summed E-state index contributed by atoms with van der Waals surface area (Å²) >= 11 is 0.